The second kappa shape index (κ2) is 9.87. The van der Waals surface area contributed by atoms with Crippen molar-refractivity contribution in [2.24, 2.45) is 0 Å². The summed E-state index contributed by atoms with van der Waals surface area (Å²) in [5.74, 6) is -6.24. The molecule has 0 fully saturated rings. The van der Waals surface area contributed by atoms with Gasteiger partial charge in [0.15, 0.2) is 5.72 Å². The van der Waals surface area contributed by atoms with Gasteiger partial charge in [-0.25, -0.2) is 0 Å². The van der Waals surface area contributed by atoms with E-state index < -0.39 is 34.6 Å². The molecule has 2 unspecified atom stereocenters. The number of thioether (sulfide) groups is 1. The first kappa shape index (κ1) is 26.5. The van der Waals surface area contributed by atoms with Crippen LogP contribution in [0, 0.1) is 0 Å². The summed E-state index contributed by atoms with van der Waals surface area (Å²) < 4.78 is 67.4. The molecule has 0 aliphatic carbocycles. The van der Waals surface area contributed by atoms with E-state index in [4.69, 9.17) is 11.6 Å². The Hall–Kier alpha value is -2.11. The first-order valence-corrected chi connectivity index (χ1v) is 11.8. The topological polar surface area (TPSA) is 65.5 Å². The van der Waals surface area contributed by atoms with E-state index in [9.17, 15) is 31.9 Å². The molecule has 3 rings (SSSR count). The molecule has 2 atom stereocenters. The number of amides is 1. The molecule has 1 aliphatic rings. The molecule has 12 heteroatoms. The maximum Gasteiger partial charge on any atom is 0.454 e. The third kappa shape index (κ3) is 5.26. The van der Waals surface area contributed by atoms with Crippen LogP contribution in [0.1, 0.15) is 20.3 Å². The van der Waals surface area contributed by atoms with Crippen LogP contribution in [0.2, 0.25) is 5.02 Å². The van der Waals surface area contributed by atoms with E-state index in [0.717, 1.165) is 22.0 Å². The van der Waals surface area contributed by atoms with Crippen molar-refractivity contribution in [1.29, 1.82) is 0 Å². The molecule has 1 aromatic heterocycles. The highest BCUT2D eigenvalue weighted by molar-refractivity contribution is 8.00. The molecular weight excluding hydrogens is 501 g/mol. The molecule has 0 saturated heterocycles. The predicted molar refractivity (Wildman–Crippen MR) is 123 cm³/mol. The van der Waals surface area contributed by atoms with E-state index in [1.165, 1.54) is 13.8 Å². The number of benzene rings is 1. The molecule has 0 radical (unpaired) electrons. The number of alkyl halides is 5. The van der Waals surface area contributed by atoms with Gasteiger partial charge in [-0.1, -0.05) is 18.5 Å². The minimum absolute atomic E-state index is 0.0607. The Morgan fingerprint density at radius 3 is 2.62 bits per heavy atom. The summed E-state index contributed by atoms with van der Waals surface area (Å²) in [5, 5.41) is 12.7. The van der Waals surface area contributed by atoms with Gasteiger partial charge in [0.1, 0.15) is 5.25 Å². The fraction of sp³-hybridized carbons (Fsp3) is 0.455. The number of aliphatic hydroxyl groups is 1. The summed E-state index contributed by atoms with van der Waals surface area (Å²) in [4.78, 5) is 18.0. The highest BCUT2D eigenvalue weighted by Gasteiger charge is 2.65. The SMILES string of the molecule is CCSC(C1=CC(C)(O)N(CCCNc2ccnc3cc(Cl)ccc23)C1=O)C(F)(F)C(F)(F)F. The van der Waals surface area contributed by atoms with Crippen molar-refractivity contribution in [3.05, 3.63) is 47.1 Å². The lowest BCUT2D eigenvalue weighted by atomic mass is 10.1. The van der Waals surface area contributed by atoms with Gasteiger partial charge in [0.05, 0.1) is 5.52 Å². The summed E-state index contributed by atoms with van der Waals surface area (Å²) in [6, 6.07) is 6.96. The fourth-order valence-corrected chi connectivity index (χ4v) is 4.94. The quantitative estimate of drug-likeness (QED) is 0.336. The standard InChI is InChI=1S/C22H23ClF5N3O2S/c1-3-34-18(21(24,25)22(26,27)28)15-12-20(2,33)31(19(15)32)10-4-8-29-16-7-9-30-17-11-13(23)5-6-14(16)17/h5-7,9,11-12,18,33H,3-4,8,10H2,1-2H3,(H,29,30). The van der Waals surface area contributed by atoms with E-state index in [2.05, 4.69) is 10.3 Å². The Balaban J connectivity index is 1.69. The maximum atomic E-state index is 14.2. The molecule has 1 aromatic carbocycles. The summed E-state index contributed by atoms with van der Waals surface area (Å²) in [5.41, 5.74) is -1.30. The molecule has 186 valence electrons. The number of nitrogens with one attached hydrogen (secondary N) is 1. The van der Waals surface area contributed by atoms with Crippen molar-refractivity contribution in [1.82, 2.24) is 9.88 Å². The summed E-state index contributed by atoms with van der Waals surface area (Å²) in [6.07, 6.45) is -3.14. The van der Waals surface area contributed by atoms with Crippen molar-refractivity contribution in [2.45, 2.75) is 43.3 Å². The number of hydrogen-bond acceptors (Lipinski definition) is 5. The number of carbonyl (C=O) groups is 1. The zero-order valence-electron chi connectivity index (χ0n) is 18.3. The van der Waals surface area contributed by atoms with Gasteiger partial charge < -0.3 is 15.3 Å². The van der Waals surface area contributed by atoms with Crippen LogP contribution >= 0.6 is 23.4 Å². The lowest BCUT2D eigenvalue weighted by Gasteiger charge is -2.31. The Morgan fingerprint density at radius 1 is 1.26 bits per heavy atom. The number of aromatic nitrogens is 1. The van der Waals surface area contributed by atoms with Gasteiger partial charge in [-0.05, 0) is 49.4 Å². The lowest BCUT2D eigenvalue weighted by Crippen LogP contribution is -2.49. The van der Waals surface area contributed by atoms with Gasteiger partial charge in [0.25, 0.3) is 5.91 Å². The number of rotatable bonds is 9. The fourth-order valence-electron chi connectivity index (χ4n) is 3.75. The van der Waals surface area contributed by atoms with Crippen LogP contribution in [0.3, 0.4) is 0 Å². The Bertz CT molecular complexity index is 1090. The van der Waals surface area contributed by atoms with Crippen molar-refractivity contribution in [3.8, 4) is 0 Å². The van der Waals surface area contributed by atoms with Crippen LogP contribution in [0.4, 0.5) is 27.6 Å². The molecular formula is C22H23ClF5N3O2S. The number of pyridine rings is 1. The van der Waals surface area contributed by atoms with Crippen molar-refractivity contribution >= 4 is 45.9 Å². The monoisotopic (exact) mass is 523 g/mol. The van der Waals surface area contributed by atoms with Crippen molar-refractivity contribution < 1.29 is 31.9 Å². The normalized spacial score (nSPS) is 20.1. The van der Waals surface area contributed by atoms with Gasteiger partial charge in [-0.15, -0.1) is 11.8 Å². The average Bonchev–Trinajstić information content (AvgIpc) is 2.96. The van der Waals surface area contributed by atoms with Crippen LogP contribution in [0.15, 0.2) is 42.1 Å². The van der Waals surface area contributed by atoms with Gasteiger partial charge in [-0.3, -0.25) is 9.78 Å². The first-order chi connectivity index (χ1) is 15.8. The van der Waals surface area contributed by atoms with Crippen LogP contribution in [-0.2, 0) is 4.79 Å². The lowest BCUT2D eigenvalue weighted by molar-refractivity contribution is -0.278. The van der Waals surface area contributed by atoms with Crippen LogP contribution in [-0.4, -0.2) is 62.8 Å². The van der Waals surface area contributed by atoms with Crippen LogP contribution in [0.5, 0.6) is 0 Å². The van der Waals surface area contributed by atoms with E-state index in [0.29, 0.717) is 35.3 Å². The molecule has 2 N–H and O–H groups in total. The Kier molecular flexibility index (Phi) is 7.69. The highest BCUT2D eigenvalue weighted by Crippen LogP contribution is 2.47. The number of nitrogens with zero attached hydrogens (tertiary/aromatic N) is 2. The molecule has 1 aliphatic heterocycles. The first-order valence-electron chi connectivity index (χ1n) is 10.4. The zero-order valence-corrected chi connectivity index (χ0v) is 19.9. The van der Waals surface area contributed by atoms with Gasteiger partial charge in [0, 0.05) is 41.0 Å². The van der Waals surface area contributed by atoms with Crippen LogP contribution in [0.25, 0.3) is 10.9 Å². The molecule has 2 heterocycles. The number of hydrogen-bond donors (Lipinski definition) is 2. The Labute approximate surface area is 202 Å². The Morgan fingerprint density at radius 2 is 1.97 bits per heavy atom. The van der Waals surface area contributed by atoms with Crippen LogP contribution < -0.4 is 5.32 Å². The number of halogens is 6. The highest BCUT2D eigenvalue weighted by atomic mass is 35.5. The summed E-state index contributed by atoms with van der Waals surface area (Å²) in [7, 11) is 0. The van der Waals surface area contributed by atoms with Gasteiger partial charge >= 0.3 is 12.1 Å². The minimum atomic E-state index is -5.83. The molecule has 0 saturated carbocycles. The molecule has 0 spiro atoms. The smallest absolute Gasteiger partial charge is 0.384 e. The average molecular weight is 524 g/mol. The van der Waals surface area contributed by atoms with Gasteiger partial charge in [-0.2, -0.15) is 22.0 Å². The zero-order chi connectivity index (χ0) is 25.3. The van der Waals surface area contributed by atoms with Gasteiger partial charge in [0.2, 0.25) is 0 Å². The van der Waals surface area contributed by atoms with Crippen molar-refractivity contribution in [3.63, 3.8) is 0 Å². The molecule has 0 bridgehead atoms. The molecule has 1 amide bonds. The second-order valence-corrected chi connectivity index (χ2v) is 9.73. The number of carbonyl (C=O) groups excluding carboxylic acids is 1. The van der Waals surface area contributed by atoms with E-state index in [-0.39, 0.29) is 12.3 Å². The third-order valence-corrected chi connectivity index (χ3v) is 6.82. The third-order valence-electron chi connectivity index (χ3n) is 5.37. The number of anilines is 1. The maximum absolute atomic E-state index is 14.2. The molecule has 34 heavy (non-hydrogen) atoms. The van der Waals surface area contributed by atoms with E-state index in [1.54, 1.807) is 30.5 Å². The number of fused-ring (bicyclic) bond motifs is 1. The van der Waals surface area contributed by atoms with E-state index in [1.807, 2.05) is 0 Å². The molecule has 2 aromatic rings. The second-order valence-electron chi connectivity index (χ2n) is 7.91. The summed E-state index contributed by atoms with van der Waals surface area (Å²) >= 11 is 6.30. The summed E-state index contributed by atoms with van der Waals surface area (Å²) in [6.45, 7) is 2.88. The largest absolute Gasteiger partial charge is 0.454 e. The van der Waals surface area contributed by atoms with Crippen molar-refractivity contribution in [2.75, 3.05) is 24.2 Å². The predicted octanol–water partition coefficient (Wildman–Crippen LogP) is 5.49. The van der Waals surface area contributed by atoms with E-state index >= 15 is 0 Å². The minimum Gasteiger partial charge on any atom is -0.384 e. The molecule has 5 nitrogen and oxygen atoms in total.